The number of aliphatic hydroxyl groups excluding tert-OH is 1. The average Bonchev–Trinajstić information content (AvgIpc) is 3.62. The molecule has 1 aromatic carbocycles. The highest BCUT2D eigenvalue weighted by atomic mass is 35.5. The first kappa shape index (κ1) is 43.7. The molecule has 0 aliphatic carbocycles. The Morgan fingerprint density at radius 1 is 1.09 bits per heavy atom. The Balaban J connectivity index is 2.11. The summed E-state index contributed by atoms with van der Waals surface area (Å²) < 4.78 is 6.29. The summed E-state index contributed by atoms with van der Waals surface area (Å²) in [4.78, 5) is 92.9. The predicted octanol–water partition coefficient (Wildman–Crippen LogP) is 0.510. The van der Waals surface area contributed by atoms with E-state index in [-0.39, 0.29) is 52.9 Å². The van der Waals surface area contributed by atoms with E-state index in [1.54, 1.807) is 13.8 Å². The minimum atomic E-state index is -1.75. The summed E-state index contributed by atoms with van der Waals surface area (Å²) in [5.74, 6) is -8.94. The lowest BCUT2D eigenvalue weighted by molar-refractivity contribution is -0.146. The number of nitrogens with one attached hydrogen (secondary N) is 5. The van der Waals surface area contributed by atoms with Crippen molar-refractivity contribution in [1.82, 2.24) is 31.5 Å². The van der Waals surface area contributed by atoms with Crippen molar-refractivity contribution in [2.75, 3.05) is 13.6 Å². The minimum absolute atomic E-state index is 0.0204. The van der Waals surface area contributed by atoms with E-state index in [0.717, 1.165) is 4.90 Å². The molecule has 55 heavy (non-hydrogen) atoms. The highest BCUT2D eigenvalue weighted by Crippen LogP contribution is 2.41. The van der Waals surface area contributed by atoms with Crippen LogP contribution in [0, 0.1) is 0 Å². The molecule has 6 atom stereocenters. The molecule has 3 rings (SSSR count). The van der Waals surface area contributed by atoms with E-state index in [0.29, 0.717) is 0 Å². The standard InChI is InChI=1S/C36H45ClN6O12/c1-8-17(5)25(32(50)39-20(35(53)54)15-23(44)45)41-30(48)21-11-10-12-43(21)34(52)29-36(6,9-2)55-22-14-18(13-19(37)28(22)47)27(46)26(38-7)33(51)40-24(16(3)4)31(49)42-29/h10-11,13-15,21,24,26-27,29,38,46-47H,3,8-9,12H2,1-2,4-7H3,(H,39,50)(H,40,51)(H,41,48)(H,42,49)(H,44,45)(H,53,54)/b20-15+,25-17-/t21-,24?,26-,27-,29+,36+/m0/s1. The van der Waals surface area contributed by atoms with Crippen LogP contribution in [-0.4, -0.2) is 110 Å². The number of hydrogen-bond donors (Lipinski definition) is 9. The molecule has 1 unspecified atom stereocenters. The molecule has 18 nitrogen and oxygen atoms in total. The van der Waals surface area contributed by atoms with Gasteiger partial charge in [0.15, 0.2) is 11.5 Å². The van der Waals surface area contributed by atoms with Gasteiger partial charge in [0.2, 0.25) is 11.8 Å². The number of halogens is 1. The zero-order valence-electron chi connectivity index (χ0n) is 31.0. The van der Waals surface area contributed by atoms with Crippen LogP contribution in [0.1, 0.15) is 59.1 Å². The third kappa shape index (κ3) is 9.88. The quantitative estimate of drug-likeness (QED) is 0.109. The van der Waals surface area contributed by atoms with Crippen molar-refractivity contribution in [2.45, 2.75) is 83.3 Å². The summed E-state index contributed by atoms with van der Waals surface area (Å²) in [6.07, 6.45) is 1.71. The van der Waals surface area contributed by atoms with Gasteiger partial charge in [-0.2, -0.15) is 0 Å². The fourth-order valence-corrected chi connectivity index (χ4v) is 5.95. The van der Waals surface area contributed by atoms with Crippen molar-refractivity contribution in [3.8, 4) is 11.5 Å². The molecule has 298 valence electrons. The Hall–Kier alpha value is -5.72. The number of carbonyl (C=O) groups is 7. The summed E-state index contributed by atoms with van der Waals surface area (Å²) in [5.41, 5.74) is -2.62. The number of carbonyl (C=O) groups excluding carboxylic acids is 5. The summed E-state index contributed by atoms with van der Waals surface area (Å²) >= 11 is 6.33. The number of carboxylic acid groups (broad SMARTS) is 2. The number of phenols is 1. The zero-order chi connectivity index (χ0) is 41.5. The van der Waals surface area contributed by atoms with E-state index < -0.39 is 94.5 Å². The van der Waals surface area contributed by atoms with Crippen molar-refractivity contribution in [3.05, 3.63) is 70.1 Å². The molecule has 2 heterocycles. The highest BCUT2D eigenvalue weighted by Gasteiger charge is 2.47. The fraction of sp³-hybridized carbons (Fsp3) is 0.417. The summed E-state index contributed by atoms with van der Waals surface area (Å²) in [7, 11) is 1.40. The average molecular weight is 789 g/mol. The van der Waals surface area contributed by atoms with Crippen LogP contribution in [0.3, 0.4) is 0 Å². The number of nitrogens with zero attached hydrogens (tertiary/aromatic N) is 1. The molecule has 0 radical (unpaired) electrons. The van der Waals surface area contributed by atoms with Gasteiger partial charge in [-0.25, -0.2) is 9.59 Å². The van der Waals surface area contributed by atoms with Crippen molar-refractivity contribution in [2.24, 2.45) is 0 Å². The number of phenolic OH excluding ortho intramolecular Hbond substituents is 1. The SMILES string of the molecule is C=C(C)C1NC(=O)[C@@H](NC)[C@@H](O)c2cc(Cl)c(O)c(c2)O[C@](C)(CC)[C@@H](C(=O)N2CC=C[C@H]2C(=O)N/C(C(=O)N/C(=C/C(=O)O)C(=O)O)=C(/C)CC)NC1=O. The maximum Gasteiger partial charge on any atom is 0.352 e. The first-order chi connectivity index (χ1) is 25.7. The number of hydrogen-bond acceptors (Lipinski definition) is 11. The van der Waals surface area contributed by atoms with E-state index >= 15 is 0 Å². The fourth-order valence-electron chi connectivity index (χ4n) is 5.73. The number of benzene rings is 1. The lowest BCUT2D eigenvalue weighted by atomic mass is 9.90. The van der Waals surface area contributed by atoms with Crippen LogP contribution in [0.15, 0.2) is 59.5 Å². The van der Waals surface area contributed by atoms with Gasteiger partial charge in [0, 0.05) is 6.54 Å². The van der Waals surface area contributed by atoms with Crippen LogP contribution in [0.4, 0.5) is 0 Å². The maximum atomic E-state index is 14.7. The summed E-state index contributed by atoms with van der Waals surface area (Å²) in [6.45, 7) is 11.3. The van der Waals surface area contributed by atoms with Gasteiger partial charge in [-0.1, -0.05) is 44.2 Å². The van der Waals surface area contributed by atoms with Crippen molar-refractivity contribution >= 4 is 53.1 Å². The Morgan fingerprint density at radius 2 is 1.75 bits per heavy atom. The molecular formula is C36H45ClN6O12. The third-order valence-corrected chi connectivity index (χ3v) is 9.51. The second-order valence-corrected chi connectivity index (χ2v) is 13.5. The van der Waals surface area contributed by atoms with Crippen LogP contribution in [0.25, 0.3) is 0 Å². The number of aliphatic carboxylic acids is 2. The summed E-state index contributed by atoms with van der Waals surface area (Å²) in [5, 5.41) is 52.6. The predicted molar refractivity (Wildman–Crippen MR) is 196 cm³/mol. The monoisotopic (exact) mass is 788 g/mol. The first-order valence-corrected chi connectivity index (χ1v) is 17.4. The van der Waals surface area contributed by atoms with Gasteiger partial charge in [-0.3, -0.25) is 24.0 Å². The van der Waals surface area contributed by atoms with E-state index in [1.165, 1.54) is 52.1 Å². The largest absolute Gasteiger partial charge is 0.503 e. The maximum absolute atomic E-state index is 14.7. The number of likely N-dealkylation sites (N-methyl/N-ethyl adjacent to an activating group) is 1. The van der Waals surface area contributed by atoms with Crippen LogP contribution in [-0.2, 0) is 33.6 Å². The molecule has 5 amide bonds. The van der Waals surface area contributed by atoms with Gasteiger partial charge >= 0.3 is 11.9 Å². The first-order valence-electron chi connectivity index (χ1n) is 17.0. The second kappa shape index (κ2) is 18.1. The van der Waals surface area contributed by atoms with Gasteiger partial charge in [0.25, 0.3) is 17.7 Å². The van der Waals surface area contributed by atoms with E-state index in [2.05, 4.69) is 27.8 Å². The van der Waals surface area contributed by atoms with Crippen LogP contribution in [0.5, 0.6) is 11.5 Å². The smallest absolute Gasteiger partial charge is 0.352 e. The molecule has 0 spiro atoms. The minimum Gasteiger partial charge on any atom is -0.503 e. The normalized spacial score (nSPS) is 24.8. The van der Waals surface area contributed by atoms with Gasteiger partial charge in [0.05, 0.1) is 11.1 Å². The third-order valence-electron chi connectivity index (χ3n) is 9.22. The van der Waals surface area contributed by atoms with Crippen LogP contribution in [0.2, 0.25) is 5.02 Å². The Morgan fingerprint density at radius 3 is 2.29 bits per heavy atom. The molecule has 2 aliphatic heterocycles. The molecule has 0 saturated carbocycles. The van der Waals surface area contributed by atoms with Crippen LogP contribution >= 0.6 is 11.6 Å². The van der Waals surface area contributed by atoms with Gasteiger partial charge in [-0.05, 0) is 69.5 Å². The van der Waals surface area contributed by atoms with E-state index in [1.807, 2.05) is 5.32 Å². The molecule has 9 N–H and O–H groups in total. The van der Waals surface area contributed by atoms with Gasteiger partial charge in [-0.15, -0.1) is 0 Å². The van der Waals surface area contributed by atoms with E-state index in [4.69, 9.17) is 21.4 Å². The Kier molecular flexibility index (Phi) is 14.4. The number of amides is 5. The molecule has 0 fully saturated rings. The number of carboxylic acids is 2. The molecular weight excluding hydrogens is 744 g/mol. The molecule has 19 heteroatoms. The van der Waals surface area contributed by atoms with Crippen molar-refractivity contribution in [1.29, 1.82) is 0 Å². The number of allylic oxidation sites excluding steroid dienone is 1. The number of ether oxygens (including phenoxy) is 1. The molecule has 0 saturated heterocycles. The van der Waals surface area contributed by atoms with Crippen LogP contribution < -0.4 is 31.3 Å². The lowest BCUT2D eigenvalue weighted by Crippen LogP contribution is -2.65. The molecule has 0 aromatic heterocycles. The number of fused-ring (bicyclic) bond motifs is 2. The highest BCUT2D eigenvalue weighted by molar-refractivity contribution is 6.32. The van der Waals surface area contributed by atoms with Gasteiger partial charge in [0.1, 0.15) is 47.3 Å². The second-order valence-electron chi connectivity index (χ2n) is 13.1. The molecule has 2 bridgehead atoms. The van der Waals surface area contributed by atoms with E-state index in [9.17, 15) is 48.9 Å². The topological polar surface area (TPSA) is 273 Å². The Bertz CT molecular complexity index is 1880. The van der Waals surface area contributed by atoms with Gasteiger partial charge < -0.3 is 56.6 Å². The Labute approximate surface area is 321 Å². The summed E-state index contributed by atoms with van der Waals surface area (Å²) in [6, 6.07) is -3.37. The lowest BCUT2D eigenvalue weighted by Gasteiger charge is -2.40. The number of rotatable bonds is 11. The number of aromatic hydroxyl groups is 1. The number of aliphatic hydroxyl groups is 1. The van der Waals surface area contributed by atoms with Crippen molar-refractivity contribution in [3.63, 3.8) is 0 Å². The molecule has 1 aromatic rings. The van der Waals surface area contributed by atoms with Crippen molar-refractivity contribution < 1.29 is 58.7 Å². The molecule has 2 aliphatic rings. The zero-order valence-corrected chi connectivity index (χ0v) is 31.7.